The van der Waals surface area contributed by atoms with Crippen molar-refractivity contribution < 1.29 is 5.11 Å². The predicted molar refractivity (Wildman–Crippen MR) is 44.1 cm³/mol. The average Bonchev–Trinajstić information content (AvgIpc) is 2.05. The summed E-state index contributed by atoms with van der Waals surface area (Å²) >= 11 is 0. The lowest BCUT2D eigenvalue weighted by Gasteiger charge is -2.03. The van der Waals surface area contributed by atoms with E-state index in [0.29, 0.717) is 0 Å². The van der Waals surface area contributed by atoms with Crippen molar-refractivity contribution in [3.63, 3.8) is 0 Å². The third kappa shape index (κ3) is 1.88. The van der Waals surface area contributed by atoms with Crippen LogP contribution in [0.25, 0.3) is 0 Å². The second-order valence-corrected chi connectivity index (χ2v) is 2.41. The number of aromatic nitrogens is 1. The molecule has 0 aliphatic heterocycles. The van der Waals surface area contributed by atoms with Gasteiger partial charge >= 0.3 is 0 Å². The molecule has 58 valence electrons. The predicted octanol–water partition coefficient (Wildman–Crippen LogP) is 1.61. The maximum atomic E-state index is 9.26. The number of nitrogens with zero attached hydrogens (tertiary/aromatic N) is 1. The van der Waals surface area contributed by atoms with Crippen LogP contribution >= 0.6 is 0 Å². The molecule has 0 saturated carbocycles. The van der Waals surface area contributed by atoms with Gasteiger partial charge in [0, 0.05) is 17.5 Å². The van der Waals surface area contributed by atoms with Crippen LogP contribution in [0.5, 0.6) is 0 Å². The Morgan fingerprint density at radius 3 is 2.82 bits per heavy atom. The molecule has 0 aromatic carbocycles. The first-order chi connectivity index (χ1) is 5.24. The normalized spacial score (nSPS) is 12.5. The lowest BCUT2D eigenvalue weighted by atomic mass is 10.1. The maximum absolute atomic E-state index is 9.26. The third-order valence-corrected chi connectivity index (χ3v) is 1.50. The van der Waals surface area contributed by atoms with Crippen molar-refractivity contribution in [3.05, 3.63) is 42.2 Å². The molecule has 0 aliphatic carbocycles. The van der Waals surface area contributed by atoms with Crippen molar-refractivity contribution >= 4 is 0 Å². The minimum absolute atomic E-state index is 0.594. The Labute approximate surface area is 66.2 Å². The van der Waals surface area contributed by atoms with Gasteiger partial charge in [0.1, 0.15) is 0 Å². The zero-order valence-electron chi connectivity index (χ0n) is 6.49. The summed E-state index contributed by atoms with van der Waals surface area (Å²) in [6.07, 6.45) is 2.54. The molecule has 1 atom stereocenters. The summed E-state index contributed by atoms with van der Waals surface area (Å²) < 4.78 is 0. The Morgan fingerprint density at radius 2 is 2.36 bits per heavy atom. The Bertz CT molecular complexity index is 240. The van der Waals surface area contributed by atoms with E-state index >= 15 is 0 Å². The van der Waals surface area contributed by atoms with Crippen LogP contribution in [0.2, 0.25) is 0 Å². The van der Waals surface area contributed by atoms with Crippen molar-refractivity contribution in [1.29, 1.82) is 0 Å². The largest absolute Gasteiger partial charge is 0.384 e. The second kappa shape index (κ2) is 3.30. The molecule has 0 bridgehead atoms. The van der Waals surface area contributed by atoms with Crippen LogP contribution in [0.3, 0.4) is 0 Å². The molecule has 1 unspecified atom stereocenters. The topological polar surface area (TPSA) is 33.1 Å². The Balaban J connectivity index is 2.89. The highest BCUT2D eigenvalue weighted by molar-refractivity contribution is 5.18. The average molecular weight is 149 g/mol. The van der Waals surface area contributed by atoms with E-state index < -0.39 is 6.10 Å². The van der Waals surface area contributed by atoms with Crippen LogP contribution in [-0.4, -0.2) is 10.1 Å². The summed E-state index contributed by atoms with van der Waals surface area (Å²) in [5, 5.41) is 9.26. The van der Waals surface area contributed by atoms with E-state index in [-0.39, 0.29) is 0 Å². The molecule has 1 N–H and O–H groups in total. The lowest BCUT2D eigenvalue weighted by molar-refractivity contribution is 0.228. The van der Waals surface area contributed by atoms with Crippen LogP contribution in [-0.2, 0) is 0 Å². The van der Waals surface area contributed by atoms with Gasteiger partial charge in [0.25, 0.3) is 0 Å². The summed E-state index contributed by atoms with van der Waals surface area (Å²) in [5.74, 6) is 0. The fourth-order valence-corrected chi connectivity index (χ4v) is 0.790. The molecule has 0 amide bonds. The number of rotatable bonds is 2. The molecule has 11 heavy (non-hydrogen) atoms. The van der Waals surface area contributed by atoms with Gasteiger partial charge in [-0.3, -0.25) is 4.98 Å². The molecule has 1 aromatic heterocycles. The highest BCUT2D eigenvalue weighted by Crippen LogP contribution is 2.11. The van der Waals surface area contributed by atoms with E-state index in [1.165, 1.54) is 6.08 Å². The molecule has 1 rings (SSSR count). The third-order valence-electron chi connectivity index (χ3n) is 1.50. The van der Waals surface area contributed by atoms with E-state index in [4.69, 9.17) is 0 Å². The summed E-state index contributed by atoms with van der Waals surface area (Å²) in [4.78, 5) is 4.04. The lowest BCUT2D eigenvalue weighted by Crippen LogP contribution is -1.93. The molecular weight excluding hydrogens is 138 g/mol. The van der Waals surface area contributed by atoms with Gasteiger partial charge in [0.15, 0.2) is 0 Å². The van der Waals surface area contributed by atoms with Crippen LogP contribution in [0.1, 0.15) is 17.4 Å². The Morgan fingerprint density at radius 1 is 1.64 bits per heavy atom. The summed E-state index contributed by atoms with van der Waals surface area (Å²) in [6, 6.07) is 3.71. The SMILES string of the molecule is C=CC(O)c1ccc(C)nc1. The second-order valence-electron chi connectivity index (χ2n) is 2.41. The fraction of sp³-hybridized carbons (Fsp3) is 0.222. The number of aliphatic hydroxyl groups excluding tert-OH is 1. The van der Waals surface area contributed by atoms with Crippen LogP contribution < -0.4 is 0 Å². The Hall–Kier alpha value is -1.15. The summed E-state index contributed by atoms with van der Waals surface area (Å²) in [7, 11) is 0. The fourth-order valence-electron chi connectivity index (χ4n) is 0.790. The van der Waals surface area contributed by atoms with E-state index in [1.807, 2.05) is 19.1 Å². The van der Waals surface area contributed by atoms with E-state index in [2.05, 4.69) is 11.6 Å². The number of hydrogen-bond acceptors (Lipinski definition) is 2. The molecule has 0 radical (unpaired) electrons. The van der Waals surface area contributed by atoms with Gasteiger partial charge in [-0.1, -0.05) is 12.1 Å². The van der Waals surface area contributed by atoms with E-state index in [9.17, 15) is 5.11 Å². The molecule has 0 spiro atoms. The quantitative estimate of drug-likeness (QED) is 0.648. The molecule has 2 heteroatoms. The number of pyridine rings is 1. The number of aliphatic hydroxyl groups is 1. The van der Waals surface area contributed by atoms with E-state index in [1.54, 1.807) is 6.20 Å². The van der Waals surface area contributed by atoms with Crippen molar-refractivity contribution in [2.45, 2.75) is 13.0 Å². The molecule has 2 nitrogen and oxygen atoms in total. The van der Waals surface area contributed by atoms with Gasteiger partial charge in [-0.25, -0.2) is 0 Å². The first-order valence-corrected chi connectivity index (χ1v) is 3.47. The van der Waals surface area contributed by atoms with Gasteiger partial charge in [-0.2, -0.15) is 0 Å². The number of aryl methyl sites for hydroxylation is 1. The van der Waals surface area contributed by atoms with Gasteiger partial charge in [-0.15, -0.1) is 6.58 Å². The molecular formula is C9H11NO. The van der Waals surface area contributed by atoms with Crippen molar-refractivity contribution in [3.8, 4) is 0 Å². The van der Waals surface area contributed by atoms with Gasteiger partial charge in [0.05, 0.1) is 6.10 Å². The first-order valence-electron chi connectivity index (χ1n) is 3.47. The van der Waals surface area contributed by atoms with Crippen LogP contribution in [0.15, 0.2) is 31.0 Å². The molecule has 1 heterocycles. The minimum atomic E-state index is -0.594. The first kappa shape index (κ1) is 7.95. The van der Waals surface area contributed by atoms with Gasteiger partial charge in [-0.05, 0) is 13.0 Å². The highest BCUT2D eigenvalue weighted by Gasteiger charge is 2.00. The van der Waals surface area contributed by atoms with Crippen LogP contribution in [0.4, 0.5) is 0 Å². The zero-order chi connectivity index (χ0) is 8.27. The van der Waals surface area contributed by atoms with Gasteiger partial charge in [0.2, 0.25) is 0 Å². The smallest absolute Gasteiger partial charge is 0.0984 e. The summed E-state index contributed by atoms with van der Waals surface area (Å²) in [6.45, 7) is 5.39. The molecule has 0 fully saturated rings. The van der Waals surface area contributed by atoms with Crippen LogP contribution in [0, 0.1) is 6.92 Å². The standard InChI is InChI=1S/C9H11NO/c1-3-9(11)8-5-4-7(2)10-6-8/h3-6,9,11H,1H2,2H3. The highest BCUT2D eigenvalue weighted by atomic mass is 16.3. The van der Waals surface area contributed by atoms with Crippen molar-refractivity contribution in [2.24, 2.45) is 0 Å². The summed E-state index contributed by atoms with van der Waals surface area (Å²) in [5.41, 5.74) is 1.73. The van der Waals surface area contributed by atoms with Gasteiger partial charge < -0.3 is 5.11 Å². The van der Waals surface area contributed by atoms with Crippen molar-refractivity contribution in [2.75, 3.05) is 0 Å². The molecule has 1 aromatic rings. The van der Waals surface area contributed by atoms with Crippen molar-refractivity contribution in [1.82, 2.24) is 4.98 Å². The maximum Gasteiger partial charge on any atom is 0.0984 e. The zero-order valence-corrected chi connectivity index (χ0v) is 6.49. The molecule has 0 aliphatic rings. The molecule has 0 saturated heterocycles. The number of hydrogen-bond donors (Lipinski definition) is 1. The Kier molecular flexibility index (Phi) is 2.39. The monoisotopic (exact) mass is 149 g/mol. The minimum Gasteiger partial charge on any atom is -0.384 e. The van der Waals surface area contributed by atoms with E-state index in [0.717, 1.165) is 11.3 Å².